The first-order valence-electron chi connectivity index (χ1n) is 9.45. The third-order valence-electron chi connectivity index (χ3n) is 5.00. The molecule has 0 saturated carbocycles. The van der Waals surface area contributed by atoms with Crippen LogP contribution in [0.5, 0.6) is 0 Å². The van der Waals surface area contributed by atoms with Crippen molar-refractivity contribution in [1.29, 1.82) is 5.26 Å². The van der Waals surface area contributed by atoms with Crippen molar-refractivity contribution in [1.82, 2.24) is 4.98 Å². The molecule has 0 bridgehead atoms. The molecule has 31 heavy (non-hydrogen) atoms. The zero-order valence-corrected chi connectivity index (χ0v) is 16.3. The summed E-state index contributed by atoms with van der Waals surface area (Å²) in [5.74, 6) is 0. The van der Waals surface area contributed by atoms with Crippen LogP contribution in [0.2, 0.25) is 0 Å². The molecule has 1 atom stereocenters. The summed E-state index contributed by atoms with van der Waals surface area (Å²) in [4.78, 5) is 28.7. The quantitative estimate of drug-likeness (QED) is 0.353. The SMILES string of the molecule is N#Cc1ccccc1C1=CC(c2ccc([N+](=O)[O-])cn2)=CN(c2ccccc2)C1C=O. The lowest BCUT2D eigenvalue weighted by Crippen LogP contribution is -2.35. The maximum atomic E-state index is 12.2. The Morgan fingerprint density at radius 2 is 1.81 bits per heavy atom. The first-order chi connectivity index (χ1) is 15.1. The number of aldehydes is 1. The zero-order chi connectivity index (χ0) is 21.8. The fourth-order valence-corrected chi connectivity index (χ4v) is 3.52. The van der Waals surface area contributed by atoms with E-state index in [0.29, 0.717) is 28.0 Å². The van der Waals surface area contributed by atoms with Crippen LogP contribution in [0, 0.1) is 21.4 Å². The number of anilines is 1. The van der Waals surface area contributed by atoms with E-state index in [-0.39, 0.29) is 5.69 Å². The van der Waals surface area contributed by atoms with E-state index >= 15 is 0 Å². The predicted octanol–water partition coefficient (Wildman–Crippen LogP) is 4.37. The molecule has 4 rings (SSSR count). The molecule has 0 radical (unpaired) electrons. The van der Waals surface area contributed by atoms with Gasteiger partial charge < -0.3 is 9.69 Å². The monoisotopic (exact) mass is 408 g/mol. The second-order valence-electron chi connectivity index (χ2n) is 6.82. The van der Waals surface area contributed by atoms with Crippen LogP contribution in [0.25, 0.3) is 11.1 Å². The number of nitrogens with zero attached hydrogens (tertiary/aromatic N) is 4. The minimum atomic E-state index is -0.654. The number of nitriles is 1. The highest BCUT2D eigenvalue weighted by atomic mass is 16.6. The molecule has 7 nitrogen and oxygen atoms in total. The van der Waals surface area contributed by atoms with E-state index in [9.17, 15) is 20.2 Å². The Bertz CT molecular complexity index is 1240. The number of pyridine rings is 1. The second kappa shape index (κ2) is 8.43. The van der Waals surface area contributed by atoms with Crippen molar-refractivity contribution in [3.63, 3.8) is 0 Å². The fourth-order valence-electron chi connectivity index (χ4n) is 3.52. The molecule has 3 aromatic rings. The van der Waals surface area contributed by atoms with Crippen molar-refractivity contribution in [2.45, 2.75) is 6.04 Å². The number of hydrogen-bond acceptors (Lipinski definition) is 6. The van der Waals surface area contributed by atoms with Crippen LogP contribution in [-0.4, -0.2) is 22.2 Å². The molecular formula is C24H16N4O3. The number of benzene rings is 2. The summed E-state index contributed by atoms with van der Waals surface area (Å²) in [6.45, 7) is 0. The summed E-state index contributed by atoms with van der Waals surface area (Å²) in [5, 5.41) is 20.6. The number of carbonyl (C=O) groups is 1. The zero-order valence-electron chi connectivity index (χ0n) is 16.3. The van der Waals surface area contributed by atoms with Gasteiger partial charge in [-0.1, -0.05) is 36.4 Å². The highest BCUT2D eigenvalue weighted by Crippen LogP contribution is 2.35. The first kappa shape index (κ1) is 19.7. The van der Waals surface area contributed by atoms with E-state index in [1.807, 2.05) is 47.4 Å². The maximum Gasteiger partial charge on any atom is 0.287 e. The van der Waals surface area contributed by atoms with E-state index in [2.05, 4.69) is 11.1 Å². The summed E-state index contributed by atoms with van der Waals surface area (Å²) >= 11 is 0. The van der Waals surface area contributed by atoms with Crippen molar-refractivity contribution in [2.75, 3.05) is 4.90 Å². The second-order valence-corrected chi connectivity index (χ2v) is 6.82. The predicted molar refractivity (Wildman–Crippen MR) is 117 cm³/mol. The van der Waals surface area contributed by atoms with E-state index in [1.165, 1.54) is 12.3 Å². The normalized spacial score (nSPS) is 15.5. The molecule has 0 fully saturated rings. The Hall–Kier alpha value is -4.57. The molecule has 0 amide bonds. The Labute approximate surface area is 178 Å². The number of para-hydroxylation sites is 1. The van der Waals surface area contributed by atoms with Gasteiger partial charge in [-0.25, -0.2) is 4.98 Å². The summed E-state index contributed by atoms with van der Waals surface area (Å²) in [6.07, 6.45) is 5.64. The summed E-state index contributed by atoms with van der Waals surface area (Å²) in [7, 11) is 0. The maximum absolute atomic E-state index is 12.2. The largest absolute Gasteiger partial charge is 0.333 e. The number of aromatic nitrogens is 1. The van der Waals surface area contributed by atoms with Gasteiger partial charge in [-0.2, -0.15) is 5.26 Å². The van der Waals surface area contributed by atoms with Crippen LogP contribution >= 0.6 is 0 Å². The number of nitro groups is 1. The average Bonchev–Trinajstić information content (AvgIpc) is 2.83. The number of hydrogen-bond donors (Lipinski definition) is 0. The van der Waals surface area contributed by atoms with Crippen LogP contribution in [0.3, 0.4) is 0 Å². The smallest absolute Gasteiger partial charge is 0.287 e. The van der Waals surface area contributed by atoms with Gasteiger partial charge in [0.2, 0.25) is 0 Å². The van der Waals surface area contributed by atoms with Crippen molar-refractivity contribution < 1.29 is 9.72 Å². The van der Waals surface area contributed by atoms with Gasteiger partial charge in [0.1, 0.15) is 18.5 Å². The summed E-state index contributed by atoms with van der Waals surface area (Å²) < 4.78 is 0. The fraction of sp³-hybridized carbons (Fsp3) is 0.0417. The molecule has 1 unspecified atom stereocenters. The Balaban J connectivity index is 1.90. The molecule has 1 aromatic heterocycles. The van der Waals surface area contributed by atoms with E-state index in [0.717, 1.165) is 12.0 Å². The van der Waals surface area contributed by atoms with Crippen molar-refractivity contribution in [2.24, 2.45) is 0 Å². The van der Waals surface area contributed by atoms with Gasteiger partial charge in [-0.05, 0) is 41.5 Å². The number of rotatable bonds is 5. The van der Waals surface area contributed by atoms with Gasteiger partial charge in [-0.3, -0.25) is 10.1 Å². The lowest BCUT2D eigenvalue weighted by atomic mass is 9.89. The van der Waals surface area contributed by atoms with Crippen molar-refractivity contribution in [3.05, 3.63) is 112 Å². The molecule has 7 heteroatoms. The topological polar surface area (TPSA) is 100 Å². The molecule has 1 aliphatic heterocycles. The van der Waals surface area contributed by atoms with Crippen LogP contribution in [-0.2, 0) is 4.79 Å². The minimum absolute atomic E-state index is 0.107. The highest BCUT2D eigenvalue weighted by Gasteiger charge is 2.28. The molecule has 0 aliphatic carbocycles. The van der Waals surface area contributed by atoms with Gasteiger partial charge in [0.25, 0.3) is 5.69 Å². The minimum Gasteiger partial charge on any atom is -0.333 e. The Morgan fingerprint density at radius 1 is 1.06 bits per heavy atom. The van der Waals surface area contributed by atoms with Gasteiger partial charge >= 0.3 is 0 Å². The van der Waals surface area contributed by atoms with Crippen LogP contribution in [0.4, 0.5) is 11.4 Å². The van der Waals surface area contributed by atoms with Crippen molar-refractivity contribution in [3.8, 4) is 6.07 Å². The van der Waals surface area contributed by atoms with Crippen LogP contribution < -0.4 is 4.90 Å². The molecule has 2 heterocycles. The van der Waals surface area contributed by atoms with Gasteiger partial charge in [-0.15, -0.1) is 0 Å². The van der Waals surface area contributed by atoms with E-state index in [1.54, 1.807) is 30.5 Å². The molecule has 1 aliphatic rings. The van der Waals surface area contributed by atoms with E-state index < -0.39 is 11.0 Å². The number of allylic oxidation sites excluding steroid dienone is 2. The average molecular weight is 408 g/mol. The van der Waals surface area contributed by atoms with Gasteiger partial charge in [0.05, 0.1) is 22.2 Å². The van der Waals surface area contributed by atoms with E-state index in [4.69, 9.17) is 0 Å². The molecule has 150 valence electrons. The molecule has 0 saturated heterocycles. The van der Waals surface area contributed by atoms with Crippen LogP contribution in [0.15, 0.2) is 85.2 Å². The number of carbonyl (C=O) groups excluding carboxylic acids is 1. The lowest BCUT2D eigenvalue weighted by Gasteiger charge is -2.33. The molecule has 0 spiro atoms. The molecular weight excluding hydrogens is 392 g/mol. The molecule has 0 N–H and O–H groups in total. The Kier molecular flexibility index (Phi) is 5.37. The first-order valence-corrected chi connectivity index (χ1v) is 9.45. The third-order valence-corrected chi connectivity index (χ3v) is 5.00. The van der Waals surface area contributed by atoms with Crippen molar-refractivity contribution >= 4 is 28.8 Å². The van der Waals surface area contributed by atoms with Crippen LogP contribution in [0.1, 0.15) is 16.8 Å². The van der Waals surface area contributed by atoms with Gasteiger partial charge in [0.15, 0.2) is 0 Å². The summed E-state index contributed by atoms with van der Waals surface area (Å²) in [5.41, 5.74) is 3.61. The third kappa shape index (κ3) is 3.82. The highest BCUT2D eigenvalue weighted by molar-refractivity contribution is 5.99. The standard InChI is InChI=1S/C24H16N4O3/c25-13-17-6-4-5-9-21(17)22-12-18(23-11-10-20(14-26-23)28(30)31)15-27(24(22)16-29)19-7-2-1-3-8-19/h1-12,14-16,24H. The van der Waals surface area contributed by atoms with Gasteiger partial charge in [0, 0.05) is 23.5 Å². The Morgan fingerprint density at radius 3 is 2.45 bits per heavy atom. The molecule has 2 aromatic carbocycles. The lowest BCUT2D eigenvalue weighted by molar-refractivity contribution is -0.385. The summed E-state index contributed by atoms with van der Waals surface area (Å²) in [6, 6.07) is 21.0.